The molecule has 0 saturated heterocycles. The number of halogens is 1. The zero-order chi connectivity index (χ0) is 12.0. The van der Waals surface area contributed by atoms with E-state index in [4.69, 9.17) is 11.6 Å². The standard InChI is InChI=1S/C11H13ClN2O2/c1-2-8-5-3-4-6-9(8)13-11(16)14-10(15)7-12/h3-6H,2,7H2,1H3,(H2,13,14,15,16). The molecule has 1 rings (SSSR count). The number of imide groups is 1. The molecule has 1 aromatic carbocycles. The molecule has 0 aliphatic carbocycles. The van der Waals surface area contributed by atoms with Crippen molar-refractivity contribution in [3.63, 3.8) is 0 Å². The van der Waals surface area contributed by atoms with E-state index in [9.17, 15) is 9.59 Å². The molecule has 0 saturated carbocycles. The molecule has 3 amide bonds. The normalized spacial score (nSPS) is 9.62. The predicted octanol–water partition coefficient (Wildman–Crippen LogP) is 2.14. The lowest BCUT2D eigenvalue weighted by molar-refractivity contribution is -0.117. The number of benzene rings is 1. The summed E-state index contributed by atoms with van der Waals surface area (Å²) in [6.45, 7) is 1.99. The van der Waals surface area contributed by atoms with Crippen molar-refractivity contribution < 1.29 is 9.59 Å². The fraction of sp³-hybridized carbons (Fsp3) is 0.273. The third-order valence-corrected chi connectivity index (χ3v) is 2.26. The van der Waals surface area contributed by atoms with E-state index in [1.807, 2.05) is 25.1 Å². The Bertz CT molecular complexity index is 393. The molecule has 0 radical (unpaired) electrons. The molecule has 0 spiro atoms. The molecule has 0 heterocycles. The summed E-state index contributed by atoms with van der Waals surface area (Å²) in [6, 6.07) is 6.85. The van der Waals surface area contributed by atoms with Gasteiger partial charge in [-0.15, -0.1) is 11.6 Å². The summed E-state index contributed by atoms with van der Waals surface area (Å²) in [7, 11) is 0. The van der Waals surface area contributed by atoms with Gasteiger partial charge in [0.05, 0.1) is 0 Å². The van der Waals surface area contributed by atoms with Crippen LogP contribution >= 0.6 is 11.6 Å². The Morgan fingerprint density at radius 2 is 2.00 bits per heavy atom. The molecule has 1 aromatic rings. The van der Waals surface area contributed by atoms with Crippen LogP contribution in [0, 0.1) is 0 Å². The summed E-state index contributed by atoms with van der Waals surface area (Å²) in [6.07, 6.45) is 0.805. The number of urea groups is 1. The van der Waals surface area contributed by atoms with Crippen LogP contribution in [0.4, 0.5) is 10.5 Å². The van der Waals surface area contributed by atoms with Crippen LogP contribution in [-0.2, 0) is 11.2 Å². The van der Waals surface area contributed by atoms with Gasteiger partial charge >= 0.3 is 6.03 Å². The second-order valence-corrected chi connectivity index (χ2v) is 3.41. The van der Waals surface area contributed by atoms with E-state index in [1.165, 1.54) is 0 Å². The van der Waals surface area contributed by atoms with E-state index in [0.717, 1.165) is 12.0 Å². The molecule has 0 aliphatic rings. The Kier molecular flexibility index (Phi) is 4.79. The van der Waals surface area contributed by atoms with Gasteiger partial charge in [0.25, 0.3) is 0 Å². The van der Waals surface area contributed by atoms with Crippen LogP contribution in [0.5, 0.6) is 0 Å². The van der Waals surface area contributed by atoms with Gasteiger partial charge < -0.3 is 5.32 Å². The van der Waals surface area contributed by atoms with E-state index in [-0.39, 0.29) is 5.88 Å². The number of carbonyl (C=O) groups is 2. The Morgan fingerprint density at radius 3 is 2.62 bits per heavy atom. The highest BCUT2D eigenvalue weighted by Crippen LogP contribution is 2.14. The van der Waals surface area contributed by atoms with Gasteiger partial charge in [-0.1, -0.05) is 25.1 Å². The van der Waals surface area contributed by atoms with E-state index < -0.39 is 11.9 Å². The molecule has 0 fully saturated rings. The SMILES string of the molecule is CCc1ccccc1NC(=O)NC(=O)CCl. The molecular weight excluding hydrogens is 228 g/mol. The second-order valence-electron chi connectivity index (χ2n) is 3.15. The van der Waals surface area contributed by atoms with Crippen molar-refractivity contribution in [3.8, 4) is 0 Å². The van der Waals surface area contributed by atoms with Gasteiger partial charge in [0.2, 0.25) is 5.91 Å². The van der Waals surface area contributed by atoms with E-state index in [1.54, 1.807) is 6.07 Å². The maximum atomic E-state index is 11.3. The van der Waals surface area contributed by atoms with Crippen molar-refractivity contribution in [3.05, 3.63) is 29.8 Å². The van der Waals surface area contributed by atoms with E-state index in [2.05, 4.69) is 10.6 Å². The molecule has 0 aliphatic heterocycles. The molecule has 0 atom stereocenters. The Balaban J connectivity index is 2.65. The first-order chi connectivity index (χ1) is 7.67. The predicted molar refractivity (Wildman–Crippen MR) is 63.7 cm³/mol. The molecule has 86 valence electrons. The van der Waals surface area contributed by atoms with Crippen molar-refractivity contribution in [1.82, 2.24) is 5.32 Å². The maximum Gasteiger partial charge on any atom is 0.325 e. The first kappa shape index (κ1) is 12.5. The lowest BCUT2D eigenvalue weighted by atomic mass is 10.1. The maximum absolute atomic E-state index is 11.3. The Hall–Kier alpha value is -1.55. The number of hydrogen-bond acceptors (Lipinski definition) is 2. The van der Waals surface area contributed by atoms with E-state index in [0.29, 0.717) is 5.69 Å². The van der Waals surface area contributed by atoms with Crippen molar-refractivity contribution in [2.75, 3.05) is 11.2 Å². The van der Waals surface area contributed by atoms with Crippen LogP contribution in [0.15, 0.2) is 24.3 Å². The van der Waals surface area contributed by atoms with Crippen molar-refractivity contribution in [1.29, 1.82) is 0 Å². The lowest BCUT2D eigenvalue weighted by Crippen LogP contribution is -2.35. The van der Waals surface area contributed by atoms with Gasteiger partial charge in [0.1, 0.15) is 5.88 Å². The number of nitrogens with one attached hydrogen (secondary N) is 2. The van der Waals surface area contributed by atoms with Gasteiger partial charge in [0.15, 0.2) is 0 Å². The molecule has 5 heteroatoms. The summed E-state index contributed by atoms with van der Waals surface area (Å²) in [5.74, 6) is -0.754. The fourth-order valence-electron chi connectivity index (χ4n) is 1.26. The monoisotopic (exact) mass is 240 g/mol. The highest BCUT2D eigenvalue weighted by molar-refractivity contribution is 6.28. The number of amides is 3. The van der Waals surface area contributed by atoms with E-state index >= 15 is 0 Å². The quantitative estimate of drug-likeness (QED) is 0.796. The zero-order valence-corrected chi connectivity index (χ0v) is 9.67. The number of anilines is 1. The highest BCUT2D eigenvalue weighted by atomic mass is 35.5. The molecule has 2 N–H and O–H groups in total. The smallest absolute Gasteiger partial charge is 0.307 e. The van der Waals surface area contributed by atoms with Gasteiger partial charge in [-0.3, -0.25) is 10.1 Å². The minimum atomic E-state index is -0.563. The zero-order valence-electron chi connectivity index (χ0n) is 8.92. The number of rotatable bonds is 3. The minimum Gasteiger partial charge on any atom is -0.307 e. The molecular formula is C11H13ClN2O2. The summed E-state index contributed by atoms with van der Waals surface area (Å²) in [5.41, 5.74) is 1.71. The fourth-order valence-corrected chi connectivity index (χ4v) is 1.33. The van der Waals surface area contributed by atoms with Crippen LogP contribution in [0.1, 0.15) is 12.5 Å². The molecule has 0 aromatic heterocycles. The van der Waals surface area contributed by atoms with Crippen LogP contribution in [0.2, 0.25) is 0 Å². The number of alkyl halides is 1. The number of carbonyl (C=O) groups excluding carboxylic acids is 2. The second kappa shape index (κ2) is 6.12. The third kappa shape index (κ3) is 3.55. The van der Waals surface area contributed by atoms with Crippen LogP contribution in [0.25, 0.3) is 0 Å². The summed E-state index contributed by atoms with van der Waals surface area (Å²) in [5, 5.41) is 4.71. The lowest BCUT2D eigenvalue weighted by Gasteiger charge is -2.09. The summed E-state index contributed by atoms with van der Waals surface area (Å²) >= 11 is 5.27. The summed E-state index contributed by atoms with van der Waals surface area (Å²) < 4.78 is 0. The summed E-state index contributed by atoms with van der Waals surface area (Å²) in [4.78, 5) is 22.2. The van der Waals surface area contributed by atoms with Gasteiger partial charge in [0, 0.05) is 5.69 Å². The molecule has 16 heavy (non-hydrogen) atoms. The van der Waals surface area contributed by atoms with Crippen LogP contribution < -0.4 is 10.6 Å². The number of hydrogen-bond donors (Lipinski definition) is 2. The minimum absolute atomic E-state index is 0.233. The molecule has 0 unspecified atom stereocenters. The average Bonchev–Trinajstić information content (AvgIpc) is 2.29. The van der Waals surface area contributed by atoms with Crippen molar-refractivity contribution in [2.24, 2.45) is 0 Å². The van der Waals surface area contributed by atoms with Gasteiger partial charge in [-0.25, -0.2) is 4.79 Å². The largest absolute Gasteiger partial charge is 0.325 e. The average molecular weight is 241 g/mol. The van der Waals surface area contributed by atoms with Crippen LogP contribution in [0.3, 0.4) is 0 Å². The first-order valence-corrected chi connectivity index (χ1v) is 5.45. The third-order valence-electron chi connectivity index (χ3n) is 2.02. The van der Waals surface area contributed by atoms with Crippen molar-refractivity contribution >= 4 is 29.2 Å². The Labute approximate surface area is 99.0 Å². The van der Waals surface area contributed by atoms with Crippen LogP contribution in [-0.4, -0.2) is 17.8 Å². The Morgan fingerprint density at radius 1 is 1.31 bits per heavy atom. The number of para-hydroxylation sites is 1. The topological polar surface area (TPSA) is 58.2 Å². The van der Waals surface area contributed by atoms with Gasteiger partial charge in [-0.05, 0) is 18.1 Å². The first-order valence-electron chi connectivity index (χ1n) is 4.92. The number of aryl methyl sites for hydroxylation is 1. The molecule has 0 bridgehead atoms. The highest BCUT2D eigenvalue weighted by Gasteiger charge is 2.07. The van der Waals surface area contributed by atoms with Crippen molar-refractivity contribution in [2.45, 2.75) is 13.3 Å². The molecule has 4 nitrogen and oxygen atoms in total. The van der Waals surface area contributed by atoms with Gasteiger partial charge in [-0.2, -0.15) is 0 Å².